The van der Waals surface area contributed by atoms with Crippen molar-refractivity contribution in [3.8, 4) is 34.1 Å². The predicted octanol–water partition coefficient (Wildman–Crippen LogP) is 26.0. The van der Waals surface area contributed by atoms with Gasteiger partial charge in [-0.05, 0) is 183 Å². The topological polar surface area (TPSA) is 29.6 Å². The molecule has 0 N–H and O–H groups in total. The molecule has 0 fully saturated rings. The molecule has 450 valence electrons. The molecule has 0 bridgehead atoms. The van der Waals surface area contributed by atoms with Gasteiger partial charge in [-0.2, -0.15) is 0 Å². The van der Waals surface area contributed by atoms with Crippen molar-refractivity contribution in [1.29, 1.82) is 0 Å². The molecule has 6 nitrogen and oxygen atoms in total. The van der Waals surface area contributed by atoms with Gasteiger partial charge in [0.1, 0.15) is 0 Å². The number of fused-ring (bicyclic) bond motifs is 21. The van der Waals surface area contributed by atoms with Gasteiger partial charge in [-0.3, -0.25) is 0 Å². The van der Waals surface area contributed by atoms with E-state index in [-0.39, 0.29) is 0 Å². The summed E-state index contributed by atoms with van der Waals surface area (Å²) in [5.41, 5.74) is 30.9. The van der Waals surface area contributed by atoms with Gasteiger partial charge in [0.2, 0.25) is 0 Å². The molecule has 6 aromatic carbocycles. The number of nitrogens with zero attached hydrogens (tertiary/aromatic N) is 6. The number of hydrogen-bond acceptors (Lipinski definition) is 9. The van der Waals surface area contributed by atoms with Crippen molar-refractivity contribution in [2.45, 2.75) is 41.5 Å². The summed E-state index contributed by atoms with van der Waals surface area (Å²) in [5, 5.41) is 13.3. The first-order chi connectivity index (χ1) is 45.6. The van der Waals surface area contributed by atoms with E-state index in [1.165, 1.54) is 190 Å². The lowest BCUT2D eigenvalue weighted by Gasteiger charge is -2.10. The molecular weight excluding hydrogens is 1310 g/mol. The molecule has 0 aliphatic rings. The fraction of sp³-hybridized carbons (Fsp3) is 0.0769. The van der Waals surface area contributed by atoms with Crippen LogP contribution in [0.5, 0.6) is 0 Å². The van der Waals surface area contributed by atoms with Crippen molar-refractivity contribution >= 4 is 225 Å². The fourth-order valence-electron chi connectivity index (χ4n) is 13.8. The molecular formula is C78H54N6S9. The molecule has 93 heavy (non-hydrogen) atoms. The number of thiophene rings is 9. The molecule has 0 unspecified atom stereocenters. The van der Waals surface area contributed by atoms with Gasteiger partial charge in [-0.25, -0.2) is 0 Å². The molecule has 0 aliphatic heterocycles. The summed E-state index contributed by atoms with van der Waals surface area (Å²) in [5.74, 6) is 0. The molecule has 0 radical (unpaired) electrons. The van der Waals surface area contributed by atoms with E-state index in [1.54, 1.807) is 0 Å². The van der Waals surface area contributed by atoms with Crippen LogP contribution in [-0.4, -0.2) is 27.4 Å². The van der Waals surface area contributed by atoms with Gasteiger partial charge in [0, 0.05) is 34.1 Å². The van der Waals surface area contributed by atoms with Crippen LogP contribution in [0.3, 0.4) is 0 Å². The van der Waals surface area contributed by atoms with Crippen molar-refractivity contribution in [3.05, 3.63) is 248 Å². The third kappa shape index (κ3) is 8.48. The fourth-order valence-corrected chi connectivity index (χ4v) is 23.8. The Morgan fingerprint density at radius 2 is 0.312 bits per heavy atom. The smallest absolute Gasteiger partial charge is 0.0908 e. The SMILES string of the molecule is Cc1ccc(-n2c3ccsc3c3sc4c5sccc5n(-c5ccc(C)cc5)c4c32)cc1.Cc1ccc(-n2c3ccsc3c3sc4c5sccc5n(-c5ccc(C)cc5)c4c32)cc1.Cc1ccc(-n2c3ccsc3c3sc4c5sccc5n(-c5ccc(C)cc5)c4c32)cc1. The highest BCUT2D eigenvalue weighted by molar-refractivity contribution is 7.35. The second kappa shape index (κ2) is 21.5. The van der Waals surface area contributed by atoms with Crippen molar-refractivity contribution in [1.82, 2.24) is 27.4 Å². The minimum atomic E-state index is 1.23. The van der Waals surface area contributed by atoms with Crippen molar-refractivity contribution < 1.29 is 0 Å². The Kier molecular flexibility index (Phi) is 12.9. The van der Waals surface area contributed by atoms with Gasteiger partial charge in [-0.15, -0.1) is 102 Å². The van der Waals surface area contributed by atoms with Crippen LogP contribution in [-0.2, 0) is 0 Å². The molecule has 15 aromatic heterocycles. The Morgan fingerprint density at radius 1 is 0.172 bits per heavy atom. The lowest BCUT2D eigenvalue weighted by Crippen LogP contribution is -1.97. The summed E-state index contributed by atoms with van der Waals surface area (Å²) in [7, 11) is 0. The maximum absolute atomic E-state index is 2.47. The first-order valence-corrected chi connectivity index (χ1v) is 38.5. The maximum atomic E-state index is 2.47. The van der Waals surface area contributed by atoms with Crippen LogP contribution in [0.4, 0.5) is 0 Å². The van der Waals surface area contributed by atoms with E-state index in [4.69, 9.17) is 0 Å². The average molecular weight is 1360 g/mol. The van der Waals surface area contributed by atoms with Crippen LogP contribution in [0.1, 0.15) is 33.4 Å². The first-order valence-electron chi connectivity index (χ1n) is 30.8. The molecule has 15 heteroatoms. The van der Waals surface area contributed by atoms with Gasteiger partial charge in [-0.1, -0.05) is 106 Å². The number of aromatic nitrogens is 6. The summed E-state index contributed by atoms with van der Waals surface area (Å²) in [4.78, 5) is 0. The van der Waals surface area contributed by atoms with Crippen LogP contribution in [0, 0.1) is 41.5 Å². The Labute approximate surface area is 570 Å². The Bertz CT molecular complexity index is 5430. The second-order valence-electron chi connectivity index (χ2n) is 24.2. The largest absolute Gasteiger partial charge is 0.306 e. The Morgan fingerprint density at radius 3 is 0.452 bits per heavy atom. The monoisotopic (exact) mass is 1360 g/mol. The number of benzene rings is 6. The first kappa shape index (κ1) is 56.0. The summed E-state index contributed by atoms with van der Waals surface area (Å²) in [6, 6.07) is 67.1. The quantitative estimate of drug-likeness (QED) is 0.159. The van der Waals surface area contributed by atoms with Crippen LogP contribution in [0.25, 0.3) is 157 Å². The lowest BCUT2D eigenvalue weighted by molar-refractivity contribution is 1.15. The van der Waals surface area contributed by atoms with E-state index >= 15 is 0 Å². The third-order valence-corrected chi connectivity index (χ3v) is 28.1. The molecule has 15 heterocycles. The molecule has 0 aliphatic carbocycles. The van der Waals surface area contributed by atoms with Gasteiger partial charge >= 0.3 is 0 Å². The van der Waals surface area contributed by atoms with Crippen molar-refractivity contribution in [2.24, 2.45) is 0 Å². The van der Waals surface area contributed by atoms with Gasteiger partial charge in [0.15, 0.2) is 0 Å². The lowest BCUT2D eigenvalue weighted by atomic mass is 10.2. The zero-order chi connectivity index (χ0) is 62.1. The predicted molar refractivity (Wildman–Crippen MR) is 415 cm³/mol. The van der Waals surface area contributed by atoms with Crippen LogP contribution in [0.2, 0.25) is 0 Å². The minimum absolute atomic E-state index is 1.23. The Hall–Kier alpha value is -8.58. The highest BCUT2D eigenvalue weighted by Gasteiger charge is 2.29. The van der Waals surface area contributed by atoms with E-state index in [0.717, 1.165) is 0 Å². The van der Waals surface area contributed by atoms with Gasteiger partial charge in [0.25, 0.3) is 0 Å². The maximum Gasteiger partial charge on any atom is 0.0908 e. The third-order valence-electron chi connectivity index (χ3n) is 18.2. The number of rotatable bonds is 6. The molecule has 0 amide bonds. The second-order valence-corrected chi connectivity index (χ2v) is 32.8. The van der Waals surface area contributed by atoms with Crippen LogP contribution < -0.4 is 0 Å². The average Bonchev–Trinajstić information content (AvgIpc) is 1.55. The van der Waals surface area contributed by atoms with E-state index < -0.39 is 0 Å². The van der Waals surface area contributed by atoms with Crippen molar-refractivity contribution in [2.75, 3.05) is 0 Å². The van der Waals surface area contributed by atoms with Gasteiger partial charge < -0.3 is 27.4 Å². The number of aryl methyl sites for hydroxylation is 6. The van der Waals surface area contributed by atoms with E-state index in [0.29, 0.717) is 0 Å². The normalized spacial score (nSPS) is 12.2. The minimum Gasteiger partial charge on any atom is -0.306 e. The molecule has 0 atom stereocenters. The molecule has 0 saturated carbocycles. The molecule has 0 saturated heterocycles. The van der Waals surface area contributed by atoms with E-state index in [1.807, 2.05) is 102 Å². The molecule has 21 aromatic rings. The van der Waals surface area contributed by atoms with Gasteiger partial charge in [0.05, 0.1) is 123 Å². The van der Waals surface area contributed by atoms with E-state index in [2.05, 4.69) is 283 Å². The standard InChI is InChI=1S/3C26H18N2S3/c3*1-15-3-7-17(8-4-15)27-19-11-13-29-23(19)25-21(27)22-26(31-25)24-20(12-14-30-24)28(22)18-9-5-16(2)6-10-18/h3*3-14H,1-2H3. The molecule has 0 spiro atoms. The summed E-state index contributed by atoms with van der Waals surface area (Å²) < 4.78 is 31.5. The van der Waals surface area contributed by atoms with E-state index in [9.17, 15) is 0 Å². The molecule has 21 rings (SSSR count). The highest BCUT2D eigenvalue weighted by Crippen LogP contribution is 2.53. The Balaban J connectivity index is 0.0000000994. The summed E-state index contributed by atoms with van der Waals surface area (Å²) >= 11 is 16.9. The zero-order valence-corrected chi connectivity index (χ0v) is 58.5. The summed E-state index contributed by atoms with van der Waals surface area (Å²) in [6.07, 6.45) is 0. The van der Waals surface area contributed by atoms with Crippen LogP contribution in [0.15, 0.2) is 214 Å². The summed E-state index contributed by atoms with van der Waals surface area (Å²) in [6.45, 7) is 12.9. The zero-order valence-electron chi connectivity index (χ0n) is 51.1. The highest BCUT2D eigenvalue weighted by atomic mass is 32.1. The van der Waals surface area contributed by atoms with Crippen LogP contribution >= 0.6 is 102 Å². The van der Waals surface area contributed by atoms with Crippen molar-refractivity contribution in [3.63, 3.8) is 0 Å². The number of hydrogen-bond donors (Lipinski definition) is 0.